The lowest BCUT2D eigenvalue weighted by atomic mass is 9.73. The van der Waals surface area contributed by atoms with E-state index in [1.165, 1.54) is 21.1 Å². The lowest BCUT2D eigenvalue weighted by Crippen LogP contribution is -2.58. The van der Waals surface area contributed by atoms with E-state index in [1.807, 2.05) is 11.3 Å². The molecular formula is C15H17BrN2S. The molecule has 2 heterocycles. The molecule has 0 unspecified atom stereocenters. The topological polar surface area (TPSA) is 24.9 Å². The van der Waals surface area contributed by atoms with Crippen molar-refractivity contribution in [2.75, 3.05) is 13.1 Å². The van der Waals surface area contributed by atoms with Gasteiger partial charge >= 0.3 is 0 Å². The molecule has 1 aromatic heterocycles. The summed E-state index contributed by atoms with van der Waals surface area (Å²) < 4.78 is 1.16. The van der Waals surface area contributed by atoms with E-state index >= 15 is 0 Å². The van der Waals surface area contributed by atoms with Gasteiger partial charge in [0.1, 0.15) is 0 Å². The van der Waals surface area contributed by atoms with E-state index in [0.29, 0.717) is 0 Å². The van der Waals surface area contributed by atoms with Gasteiger partial charge in [-0.1, -0.05) is 28.1 Å². The summed E-state index contributed by atoms with van der Waals surface area (Å²) in [5.41, 5.74) is 2.81. The molecule has 2 nitrogen and oxygen atoms in total. The molecule has 0 aliphatic carbocycles. The first-order valence-electron chi connectivity index (χ1n) is 6.49. The number of aryl methyl sites for hydroxylation is 2. The Morgan fingerprint density at radius 2 is 2.16 bits per heavy atom. The summed E-state index contributed by atoms with van der Waals surface area (Å²) in [5.74, 6) is 0. The monoisotopic (exact) mass is 336 g/mol. The minimum Gasteiger partial charge on any atom is -0.315 e. The number of aromatic nitrogens is 1. The van der Waals surface area contributed by atoms with E-state index in [2.05, 4.69) is 59.4 Å². The van der Waals surface area contributed by atoms with Gasteiger partial charge in [-0.25, -0.2) is 4.98 Å². The van der Waals surface area contributed by atoms with Crippen LogP contribution in [0.1, 0.15) is 21.1 Å². The minimum atomic E-state index is 0.223. The highest BCUT2D eigenvalue weighted by Gasteiger charge is 2.39. The SMILES string of the molecule is Cc1nc(CC2(c3cccc(Br)c3)CNC2)sc1C. The summed E-state index contributed by atoms with van der Waals surface area (Å²) in [6, 6.07) is 8.69. The van der Waals surface area contributed by atoms with Crippen molar-refractivity contribution < 1.29 is 0 Å². The first-order chi connectivity index (χ1) is 9.09. The Morgan fingerprint density at radius 1 is 1.37 bits per heavy atom. The van der Waals surface area contributed by atoms with Crippen LogP contribution in [0.4, 0.5) is 0 Å². The van der Waals surface area contributed by atoms with Gasteiger partial charge in [-0.3, -0.25) is 0 Å². The molecule has 0 amide bonds. The van der Waals surface area contributed by atoms with Crippen LogP contribution >= 0.6 is 27.3 Å². The second-order valence-electron chi connectivity index (χ2n) is 5.32. The summed E-state index contributed by atoms with van der Waals surface area (Å²) in [4.78, 5) is 6.04. The summed E-state index contributed by atoms with van der Waals surface area (Å²) in [5, 5.41) is 4.68. The normalized spacial score (nSPS) is 17.2. The average Bonchev–Trinajstić information content (AvgIpc) is 2.63. The van der Waals surface area contributed by atoms with Crippen molar-refractivity contribution >= 4 is 27.3 Å². The lowest BCUT2D eigenvalue weighted by molar-refractivity contribution is 0.274. The van der Waals surface area contributed by atoms with E-state index in [4.69, 9.17) is 4.98 Å². The number of hydrogen-bond acceptors (Lipinski definition) is 3. The van der Waals surface area contributed by atoms with Crippen LogP contribution in [0.15, 0.2) is 28.7 Å². The number of benzene rings is 1. The van der Waals surface area contributed by atoms with E-state index in [0.717, 1.165) is 24.0 Å². The van der Waals surface area contributed by atoms with Crippen LogP contribution < -0.4 is 5.32 Å². The predicted molar refractivity (Wildman–Crippen MR) is 84.0 cm³/mol. The van der Waals surface area contributed by atoms with E-state index in [1.54, 1.807) is 0 Å². The Labute approximate surface area is 126 Å². The summed E-state index contributed by atoms with van der Waals surface area (Å²) in [6.45, 7) is 6.34. The molecule has 1 fully saturated rings. The number of halogens is 1. The zero-order valence-electron chi connectivity index (χ0n) is 11.2. The Bertz CT molecular complexity index is 582. The molecule has 2 aromatic rings. The van der Waals surface area contributed by atoms with Crippen molar-refractivity contribution in [2.45, 2.75) is 25.7 Å². The molecule has 1 aromatic carbocycles. The number of nitrogens with one attached hydrogen (secondary N) is 1. The zero-order chi connectivity index (χ0) is 13.5. The van der Waals surface area contributed by atoms with Crippen LogP contribution in [0.5, 0.6) is 0 Å². The zero-order valence-corrected chi connectivity index (χ0v) is 13.6. The second kappa shape index (κ2) is 5.00. The standard InChI is InChI=1S/C15H17BrN2S/c1-10-11(2)19-14(18-10)7-15(8-17-9-15)12-4-3-5-13(16)6-12/h3-6,17H,7-9H2,1-2H3. The molecule has 1 saturated heterocycles. The van der Waals surface area contributed by atoms with E-state index < -0.39 is 0 Å². The Balaban J connectivity index is 1.91. The fourth-order valence-electron chi connectivity index (χ4n) is 2.58. The van der Waals surface area contributed by atoms with Gasteiger partial charge in [-0.2, -0.15) is 0 Å². The smallest absolute Gasteiger partial charge is 0.0940 e. The largest absolute Gasteiger partial charge is 0.315 e. The Morgan fingerprint density at radius 3 is 2.68 bits per heavy atom. The van der Waals surface area contributed by atoms with Gasteiger partial charge in [-0.05, 0) is 31.5 Å². The molecule has 4 heteroatoms. The molecule has 0 saturated carbocycles. The third-order valence-corrected chi connectivity index (χ3v) is 5.49. The number of thiazole rings is 1. The highest BCUT2D eigenvalue weighted by Crippen LogP contribution is 2.35. The Kier molecular flexibility index (Phi) is 3.50. The van der Waals surface area contributed by atoms with Crippen LogP contribution in [0.3, 0.4) is 0 Å². The maximum absolute atomic E-state index is 4.70. The molecule has 100 valence electrons. The average molecular weight is 337 g/mol. The molecule has 0 spiro atoms. The van der Waals surface area contributed by atoms with Gasteiger partial charge in [0.2, 0.25) is 0 Å². The summed E-state index contributed by atoms with van der Waals surface area (Å²) >= 11 is 5.41. The number of rotatable bonds is 3. The molecule has 0 atom stereocenters. The number of nitrogens with zero attached hydrogens (tertiary/aromatic N) is 1. The van der Waals surface area contributed by atoms with Crippen molar-refractivity contribution in [3.63, 3.8) is 0 Å². The molecule has 19 heavy (non-hydrogen) atoms. The van der Waals surface area contributed by atoms with Crippen LogP contribution in [-0.2, 0) is 11.8 Å². The quantitative estimate of drug-likeness (QED) is 0.926. The molecule has 1 aliphatic rings. The van der Waals surface area contributed by atoms with Crippen molar-refractivity contribution in [1.29, 1.82) is 0 Å². The van der Waals surface area contributed by atoms with Crippen LogP contribution in [-0.4, -0.2) is 18.1 Å². The van der Waals surface area contributed by atoms with Crippen molar-refractivity contribution in [1.82, 2.24) is 10.3 Å². The number of hydrogen-bond donors (Lipinski definition) is 1. The fraction of sp³-hybridized carbons (Fsp3) is 0.400. The lowest BCUT2D eigenvalue weighted by Gasteiger charge is -2.43. The van der Waals surface area contributed by atoms with Gasteiger partial charge in [-0.15, -0.1) is 11.3 Å². The minimum absolute atomic E-state index is 0.223. The molecule has 1 N–H and O–H groups in total. The third-order valence-electron chi connectivity index (χ3n) is 3.93. The van der Waals surface area contributed by atoms with Gasteiger partial charge in [0.05, 0.1) is 10.7 Å². The second-order valence-corrected chi connectivity index (χ2v) is 7.52. The molecule has 3 rings (SSSR count). The van der Waals surface area contributed by atoms with Crippen molar-refractivity contribution in [3.05, 3.63) is 49.9 Å². The van der Waals surface area contributed by atoms with E-state index in [-0.39, 0.29) is 5.41 Å². The predicted octanol–water partition coefficient (Wildman–Crippen LogP) is 3.61. The molecule has 1 aliphatic heterocycles. The molecule has 0 radical (unpaired) electrons. The summed E-state index contributed by atoms with van der Waals surface area (Å²) in [6.07, 6.45) is 1.04. The fourth-order valence-corrected chi connectivity index (χ4v) is 4.06. The van der Waals surface area contributed by atoms with E-state index in [9.17, 15) is 0 Å². The van der Waals surface area contributed by atoms with Crippen LogP contribution in [0.25, 0.3) is 0 Å². The van der Waals surface area contributed by atoms with Gasteiger partial charge in [0.25, 0.3) is 0 Å². The first-order valence-corrected chi connectivity index (χ1v) is 8.10. The maximum Gasteiger partial charge on any atom is 0.0940 e. The van der Waals surface area contributed by atoms with Gasteiger partial charge in [0.15, 0.2) is 0 Å². The highest BCUT2D eigenvalue weighted by molar-refractivity contribution is 9.10. The van der Waals surface area contributed by atoms with Crippen LogP contribution in [0, 0.1) is 13.8 Å². The summed E-state index contributed by atoms with van der Waals surface area (Å²) in [7, 11) is 0. The first kappa shape index (κ1) is 13.3. The van der Waals surface area contributed by atoms with Crippen LogP contribution in [0.2, 0.25) is 0 Å². The van der Waals surface area contributed by atoms with Crippen molar-refractivity contribution in [3.8, 4) is 0 Å². The highest BCUT2D eigenvalue weighted by atomic mass is 79.9. The van der Waals surface area contributed by atoms with Gasteiger partial charge in [0, 0.05) is 34.3 Å². The molecular weight excluding hydrogens is 320 g/mol. The van der Waals surface area contributed by atoms with Crippen molar-refractivity contribution in [2.24, 2.45) is 0 Å². The molecule has 0 bridgehead atoms. The Hall–Kier alpha value is -0.710. The third kappa shape index (κ3) is 2.49. The van der Waals surface area contributed by atoms with Gasteiger partial charge < -0.3 is 5.32 Å². The maximum atomic E-state index is 4.70.